The van der Waals surface area contributed by atoms with Crippen molar-refractivity contribution in [3.05, 3.63) is 69.9 Å². The average Bonchev–Trinajstić information content (AvgIpc) is 3.23. The molecule has 2 aromatic carbocycles. The smallest absolute Gasteiger partial charge is 0.273 e. The first-order valence-electron chi connectivity index (χ1n) is 9.10. The van der Waals surface area contributed by atoms with Gasteiger partial charge in [-0.3, -0.25) is 4.79 Å². The molecule has 0 unspecified atom stereocenters. The number of benzene rings is 2. The molecule has 0 atom stereocenters. The van der Waals surface area contributed by atoms with Gasteiger partial charge in [0.05, 0.1) is 13.2 Å². The number of nitrogens with zero attached hydrogens (tertiary/aromatic N) is 2. The number of halogens is 2. The molecule has 0 saturated carbocycles. The fourth-order valence-electron chi connectivity index (χ4n) is 2.96. The van der Waals surface area contributed by atoms with E-state index in [4.69, 9.17) is 21.1 Å². The van der Waals surface area contributed by atoms with Crippen LogP contribution in [0.15, 0.2) is 47.8 Å². The van der Waals surface area contributed by atoms with Crippen molar-refractivity contribution >= 4 is 28.8 Å². The lowest BCUT2D eigenvalue weighted by Gasteiger charge is -2.25. The third kappa shape index (κ3) is 4.58. The number of hydrogen-bond acceptors (Lipinski definition) is 5. The number of carbonyl (C=O) groups excluding carboxylic acids is 1. The van der Waals surface area contributed by atoms with E-state index < -0.39 is 5.82 Å². The van der Waals surface area contributed by atoms with E-state index in [0.29, 0.717) is 53.3 Å². The fourth-order valence-corrected chi connectivity index (χ4v) is 3.97. The normalized spacial score (nSPS) is 14.1. The van der Waals surface area contributed by atoms with Crippen LogP contribution >= 0.6 is 22.9 Å². The quantitative estimate of drug-likeness (QED) is 0.588. The SMILES string of the molecule is O=C(c1csc(-c2ccc(OCc3ccccc3Cl)cc2F)n1)N1CCOCC1. The molecule has 0 radical (unpaired) electrons. The molecule has 29 heavy (non-hydrogen) atoms. The van der Waals surface area contributed by atoms with Crippen molar-refractivity contribution in [2.45, 2.75) is 6.61 Å². The number of rotatable bonds is 5. The van der Waals surface area contributed by atoms with Crippen molar-refractivity contribution in [3.8, 4) is 16.3 Å². The van der Waals surface area contributed by atoms with Crippen LogP contribution in [-0.2, 0) is 11.3 Å². The molecule has 1 saturated heterocycles. The molecule has 1 aliphatic rings. The highest BCUT2D eigenvalue weighted by Crippen LogP contribution is 2.30. The van der Waals surface area contributed by atoms with E-state index in [0.717, 1.165) is 5.56 Å². The second-order valence-corrected chi connectivity index (χ2v) is 7.73. The minimum Gasteiger partial charge on any atom is -0.489 e. The van der Waals surface area contributed by atoms with E-state index in [9.17, 15) is 9.18 Å². The van der Waals surface area contributed by atoms with E-state index in [2.05, 4.69) is 4.98 Å². The van der Waals surface area contributed by atoms with Crippen molar-refractivity contribution in [2.75, 3.05) is 26.3 Å². The molecule has 150 valence electrons. The van der Waals surface area contributed by atoms with Gasteiger partial charge in [0.1, 0.15) is 28.9 Å². The molecule has 0 aliphatic carbocycles. The zero-order valence-electron chi connectivity index (χ0n) is 15.4. The molecule has 4 rings (SSSR count). The van der Waals surface area contributed by atoms with E-state index in [1.165, 1.54) is 17.4 Å². The lowest BCUT2D eigenvalue weighted by molar-refractivity contribution is 0.0299. The third-order valence-corrected chi connectivity index (χ3v) is 5.79. The maximum Gasteiger partial charge on any atom is 0.273 e. The van der Waals surface area contributed by atoms with Crippen LogP contribution in [0.1, 0.15) is 16.1 Å². The highest BCUT2D eigenvalue weighted by atomic mass is 35.5. The van der Waals surface area contributed by atoms with Gasteiger partial charge in [-0.2, -0.15) is 0 Å². The van der Waals surface area contributed by atoms with Crippen molar-refractivity contribution in [3.63, 3.8) is 0 Å². The highest BCUT2D eigenvalue weighted by Gasteiger charge is 2.22. The fraction of sp³-hybridized carbons (Fsp3) is 0.238. The predicted molar refractivity (Wildman–Crippen MR) is 110 cm³/mol. The van der Waals surface area contributed by atoms with Crippen LogP contribution in [0, 0.1) is 5.82 Å². The van der Waals surface area contributed by atoms with Crippen molar-refractivity contribution in [2.24, 2.45) is 0 Å². The molecule has 0 spiro atoms. The number of hydrogen-bond donors (Lipinski definition) is 0. The van der Waals surface area contributed by atoms with Crippen molar-refractivity contribution in [1.82, 2.24) is 9.88 Å². The highest BCUT2D eigenvalue weighted by molar-refractivity contribution is 7.13. The summed E-state index contributed by atoms with van der Waals surface area (Å²) in [6.07, 6.45) is 0. The summed E-state index contributed by atoms with van der Waals surface area (Å²) in [6, 6.07) is 12.0. The molecular weight excluding hydrogens is 415 g/mol. The van der Waals surface area contributed by atoms with Gasteiger partial charge in [-0.1, -0.05) is 29.8 Å². The monoisotopic (exact) mass is 432 g/mol. The summed E-state index contributed by atoms with van der Waals surface area (Å²) in [5, 5.41) is 2.72. The van der Waals surface area contributed by atoms with Gasteiger partial charge in [0.2, 0.25) is 0 Å². The van der Waals surface area contributed by atoms with Gasteiger partial charge in [-0.05, 0) is 18.2 Å². The van der Waals surface area contributed by atoms with Gasteiger partial charge in [0.15, 0.2) is 0 Å². The lowest BCUT2D eigenvalue weighted by atomic mass is 10.2. The van der Waals surface area contributed by atoms with Crippen LogP contribution < -0.4 is 4.74 Å². The Labute approximate surface area is 176 Å². The van der Waals surface area contributed by atoms with Crippen LogP contribution in [0.4, 0.5) is 4.39 Å². The molecule has 0 N–H and O–H groups in total. The first-order chi connectivity index (χ1) is 14.1. The summed E-state index contributed by atoms with van der Waals surface area (Å²) in [4.78, 5) is 18.6. The van der Waals surface area contributed by atoms with Crippen LogP contribution in [-0.4, -0.2) is 42.1 Å². The summed E-state index contributed by atoms with van der Waals surface area (Å²) in [6.45, 7) is 2.36. The van der Waals surface area contributed by atoms with E-state index in [-0.39, 0.29) is 12.5 Å². The number of morpholine rings is 1. The lowest BCUT2D eigenvalue weighted by Crippen LogP contribution is -2.40. The molecule has 1 amide bonds. The van der Waals surface area contributed by atoms with Gasteiger partial charge < -0.3 is 14.4 Å². The zero-order chi connectivity index (χ0) is 20.2. The van der Waals surface area contributed by atoms with Crippen molar-refractivity contribution in [1.29, 1.82) is 0 Å². The number of thiazole rings is 1. The largest absolute Gasteiger partial charge is 0.489 e. The Bertz CT molecular complexity index is 1020. The third-order valence-electron chi connectivity index (χ3n) is 4.54. The molecule has 1 fully saturated rings. The van der Waals surface area contributed by atoms with Gasteiger partial charge in [0, 0.05) is 40.7 Å². The number of carbonyl (C=O) groups is 1. The van der Waals surface area contributed by atoms with Crippen LogP contribution in [0.3, 0.4) is 0 Å². The number of amides is 1. The second-order valence-electron chi connectivity index (χ2n) is 6.46. The summed E-state index contributed by atoms with van der Waals surface area (Å²) >= 11 is 7.35. The molecule has 1 aliphatic heterocycles. The van der Waals surface area contributed by atoms with Crippen LogP contribution in [0.2, 0.25) is 5.02 Å². The minimum atomic E-state index is -0.457. The molecule has 0 bridgehead atoms. The minimum absolute atomic E-state index is 0.157. The molecule has 3 aromatic rings. The standard InChI is InChI=1S/C21H18ClFN2O3S/c22-17-4-2-1-3-14(17)12-28-15-5-6-16(18(23)11-15)20-24-19(13-29-20)21(26)25-7-9-27-10-8-25/h1-6,11,13H,7-10,12H2. The summed E-state index contributed by atoms with van der Waals surface area (Å²) in [7, 11) is 0. The summed E-state index contributed by atoms with van der Waals surface area (Å²) < 4.78 is 25.6. The first-order valence-corrected chi connectivity index (χ1v) is 10.4. The topological polar surface area (TPSA) is 51.7 Å². The van der Waals surface area contributed by atoms with Gasteiger partial charge in [-0.15, -0.1) is 11.3 Å². The Morgan fingerprint density at radius 2 is 2.03 bits per heavy atom. The molecule has 2 heterocycles. The van der Waals surface area contributed by atoms with E-state index in [1.807, 2.05) is 18.2 Å². The van der Waals surface area contributed by atoms with E-state index in [1.54, 1.807) is 28.5 Å². The number of ether oxygens (including phenoxy) is 2. The summed E-state index contributed by atoms with van der Waals surface area (Å²) in [5.41, 5.74) is 1.48. The van der Waals surface area contributed by atoms with Crippen molar-refractivity contribution < 1.29 is 18.7 Å². The second kappa shape index (κ2) is 8.90. The Balaban J connectivity index is 1.46. The average molecular weight is 433 g/mol. The molecular formula is C21H18ClFN2O3S. The van der Waals surface area contributed by atoms with Gasteiger partial charge in [0.25, 0.3) is 5.91 Å². The Kier molecular flexibility index (Phi) is 6.08. The van der Waals surface area contributed by atoms with Crippen LogP contribution in [0.5, 0.6) is 5.75 Å². The molecule has 1 aromatic heterocycles. The Hall–Kier alpha value is -2.48. The maximum absolute atomic E-state index is 14.7. The maximum atomic E-state index is 14.7. The molecule has 5 nitrogen and oxygen atoms in total. The Morgan fingerprint density at radius 1 is 1.24 bits per heavy atom. The predicted octanol–water partition coefficient (Wildman–Crippen LogP) is 4.65. The Morgan fingerprint density at radius 3 is 2.79 bits per heavy atom. The van der Waals surface area contributed by atoms with E-state index >= 15 is 0 Å². The first kappa shape index (κ1) is 19.8. The van der Waals surface area contributed by atoms with Gasteiger partial charge in [-0.25, -0.2) is 9.37 Å². The van der Waals surface area contributed by atoms with Gasteiger partial charge >= 0.3 is 0 Å². The van der Waals surface area contributed by atoms with Crippen LogP contribution in [0.25, 0.3) is 10.6 Å². The zero-order valence-corrected chi connectivity index (χ0v) is 17.0. The summed E-state index contributed by atoms with van der Waals surface area (Å²) in [5.74, 6) is -0.218. The number of aromatic nitrogens is 1. The molecule has 8 heteroatoms.